The van der Waals surface area contributed by atoms with E-state index in [0.29, 0.717) is 36.5 Å². The summed E-state index contributed by atoms with van der Waals surface area (Å²) >= 11 is 1.50. The van der Waals surface area contributed by atoms with Crippen LogP contribution in [0.4, 0.5) is 5.69 Å². The number of fused-ring (bicyclic) bond motifs is 2. The number of pyridine rings is 1. The molecule has 1 aliphatic rings. The van der Waals surface area contributed by atoms with Crippen molar-refractivity contribution in [3.8, 4) is 5.75 Å². The maximum Gasteiger partial charge on any atom is 0.261 e. The van der Waals surface area contributed by atoms with E-state index in [9.17, 15) is 9.59 Å². The predicted molar refractivity (Wildman–Crippen MR) is 134 cm³/mol. The molecule has 0 spiro atoms. The first-order chi connectivity index (χ1) is 16.7. The van der Waals surface area contributed by atoms with Crippen molar-refractivity contribution < 1.29 is 14.3 Å². The number of rotatable bonds is 10. The molecule has 2 heterocycles. The van der Waals surface area contributed by atoms with Crippen molar-refractivity contribution in [2.75, 3.05) is 18.1 Å². The summed E-state index contributed by atoms with van der Waals surface area (Å²) in [5, 5.41) is 3.68. The molecule has 176 valence electrons. The maximum atomic E-state index is 13.3. The zero-order valence-electron chi connectivity index (χ0n) is 19.3. The monoisotopic (exact) mass is 475 g/mol. The van der Waals surface area contributed by atoms with E-state index in [1.165, 1.54) is 11.8 Å². The van der Waals surface area contributed by atoms with E-state index in [1.807, 2.05) is 54.6 Å². The Morgan fingerprint density at radius 3 is 2.71 bits per heavy atom. The van der Waals surface area contributed by atoms with Gasteiger partial charge >= 0.3 is 0 Å². The number of hydrogen-bond donors (Lipinski definition) is 1. The van der Waals surface area contributed by atoms with Gasteiger partial charge in [0.05, 0.1) is 17.9 Å². The summed E-state index contributed by atoms with van der Waals surface area (Å²) in [4.78, 5) is 32.8. The van der Waals surface area contributed by atoms with Crippen LogP contribution in [0.15, 0.2) is 76.8 Å². The molecule has 0 bridgehead atoms. The highest BCUT2D eigenvalue weighted by atomic mass is 32.2. The summed E-state index contributed by atoms with van der Waals surface area (Å²) in [5.74, 6) is 0.735. The van der Waals surface area contributed by atoms with Crippen LogP contribution in [0.5, 0.6) is 5.75 Å². The lowest BCUT2D eigenvalue weighted by molar-refractivity contribution is -0.121. The highest BCUT2D eigenvalue weighted by Gasteiger charge is 2.27. The summed E-state index contributed by atoms with van der Waals surface area (Å²) in [6.45, 7) is 3.78. The first kappa shape index (κ1) is 23.8. The van der Waals surface area contributed by atoms with E-state index >= 15 is 0 Å². The van der Waals surface area contributed by atoms with Crippen molar-refractivity contribution in [3.05, 3.63) is 78.0 Å². The summed E-state index contributed by atoms with van der Waals surface area (Å²) in [6, 6.07) is 19.2. The van der Waals surface area contributed by atoms with Crippen molar-refractivity contribution in [1.82, 2.24) is 10.3 Å². The zero-order valence-corrected chi connectivity index (χ0v) is 20.1. The number of nitrogens with zero attached hydrogens (tertiary/aromatic N) is 2. The summed E-state index contributed by atoms with van der Waals surface area (Å²) in [6.07, 6.45) is 4.75. The van der Waals surface area contributed by atoms with E-state index in [1.54, 1.807) is 17.2 Å². The smallest absolute Gasteiger partial charge is 0.261 e. The number of amides is 2. The van der Waals surface area contributed by atoms with Gasteiger partial charge in [-0.05, 0) is 54.8 Å². The third-order valence-corrected chi connectivity index (χ3v) is 6.66. The lowest BCUT2D eigenvalue weighted by Crippen LogP contribution is -2.33. The van der Waals surface area contributed by atoms with Crippen LogP contribution in [0.3, 0.4) is 0 Å². The standard InChI is InChI=1S/C27H29N3O3S/c1-2-3-18-33-21-14-12-20(13-15-21)19-29-25(31)11-7-17-30-23-9-4-5-10-24(23)34-26-22(27(30)32)8-6-16-28-26/h4-6,8-10,12-16H,2-3,7,11,17-19H2,1H3,(H,29,31). The number of nitrogens with one attached hydrogen (secondary N) is 1. The van der Waals surface area contributed by atoms with Crippen LogP contribution in [0.25, 0.3) is 0 Å². The molecule has 0 saturated carbocycles. The highest BCUT2D eigenvalue weighted by Crippen LogP contribution is 2.40. The van der Waals surface area contributed by atoms with E-state index in [-0.39, 0.29) is 11.8 Å². The molecule has 6 nitrogen and oxygen atoms in total. The van der Waals surface area contributed by atoms with Gasteiger partial charge in [-0.3, -0.25) is 9.59 Å². The van der Waals surface area contributed by atoms with Gasteiger partial charge in [0.15, 0.2) is 0 Å². The SMILES string of the molecule is CCCCOc1ccc(CNC(=O)CCCN2C(=O)c3cccnc3Sc3ccccc32)cc1. The van der Waals surface area contributed by atoms with Crippen molar-refractivity contribution in [1.29, 1.82) is 0 Å². The molecule has 0 atom stereocenters. The molecule has 0 saturated heterocycles. The summed E-state index contributed by atoms with van der Waals surface area (Å²) in [5.41, 5.74) is 2.47. The molecule has 0 radical (unpaired) electrons. The summed E-state index contributed by atoms with van der Waals surface area (Å²) in [7, 11) is 0. The van der Waals surface area contributed by atoms with Gasteiger partial charge in [0, 0.05) is 30.6 Å². The fourth-order valence-electron chi connectivity index (χ4n) is 3.71. The van der Waals surface area contributed by atoms with Crippen molar-refractivity contribution >= 4 is 29.3 Å². The number of aromatic nitrogens is 1. The molecular weight excluding hydrogens is 446 g/mol. The average Bonchev–Trinajstić information content (AvgIpc) is 2.98. The van der Waals surface area contributed by atoms with Crippen molar-refractivity contribution in [2.24, 2.45) is 0 Å². The first-order valence-electron chi connectivity index (χ1n) is 11.7. The lowest BCUT2D eigenvalue weighted by Gasteiger charge is -2.22. The number of carbonyl (C=O) groups excluding carboxylic acids is 2. The number of para-hydroxylation sites is 1. The molecule has 2 aromatic carbocycles. The normalized spacial score (nSPS) is 12.5. The Hall–Kier alpha value is -3.32. The number of carbonyl (C=O) groups is 2. The lowest BCUT2D eigenvalue weighted by atomic mass is 10.2. The van der Waals surface area contributed by atoms with E-state index < -0.39 is 0 Å². The topological polar surface area (TPSA) is 71.5 Å². The van der Waals surface area contributed by atoms with Gasteiger partial charge in [-0.1, -0.05) is 49.4 Å². The van der Waals surface area contributed by atoms with E-state index in [4.69, 9.17) is 4.74 Å². The molecule has 0 unspecified atom stereocenters. The largest absolute Gasteiger partial charge is 0.494 e. The first-order valence-corrected chi connectivity index (χ1v) is 12.5. The second-order valence-electron chi connectivity index (χ2n) is 8.11. The average molecular weight is 476 g/mol. The maximum absolute atomic E-state index is 13.3. The zero-order chi connectivity index (χ0) is 23.8. The van der Waals surface area contributed by atoms with Gasteiger partial charge < -0.3 is 15.0 Å². The highest BCUT2D eigenvalue weighted by molar-refractivity contribution is 7.99. The van der Waals surface area contributed by atoms with E-state index in [2.05, 4.69) is 17.2 Å². The molecule has 1 aromatic heterocycles. The Morgan fingerprint density at radius 2 is 1.88 bits per heavy atom. The number of benzene rings is 2. The Bertz CT molecular complexity index is 1130. The van der Waals surface area contributed by atoms with Crippen molar-refractivity contribution in [2.45, 2.75) is 49.1 Å². The minimum absolute atomic E-state index is 0.0322. The third-order valence-electron chi connectivity index (χ3n) is 5.57. The molecule has 1 aliphatic heterocycles. The van der Waals surface area contributed by atoms with Gasteiger partial charge in [-0.2, -0.15) is 0 Å². The number of unbranched alkanes of at least 4 members (excludes halogenated alkanes) is 1. The molecule has 2 amide bonds. The minimum atomic E-state index is -0.0813. The van der Waals surface area contributed by atoms with Crippen LogP contribution < -0.4 is 15.0 Å². The number of hydrogen-bond acceptors (Lipinski definition) is 5. The molecule has 7 heteroatoms. The van der Waals surface area contributed by atoms with Crippen LogP contribution in [-0.4, -0.2) is 29.9 Å². The third kappa shape index (κ3) is 5.97. The Kier molecular flexibility index (Phi) is 8.20. The molecule has 1 N–H and O–H groups in total. The molecule has 0 fully saturated rings. The van der Waals surface area contributed by atoms with Gasteiger partial charge in [0.1, 0.15) is 10.8 Å². The Labute approximate surface area is 204 Å². The van der Waals surface area contributed by atoms with Gasteiger partial charge in [-0.25, -0.2) is 4.98 Å². The van der Waals surface area contributed by atoms with Crippen LogP contribution in [0.1, 0.15) is 48.5 Å². The van der Waals surface area contributed by atoms with Gasteiger partial charge in [0.25, 0.3) is 5.91 Å². The van der Waals surface area contributed by atoms with E-state index in [0.717, 1.165) is 41.3 Å². The Balaban J connectivity index is 1.30. The quantitative estimate of drug-likeness (QED) is 0.394. The number of ether oxygens (including phenoxy) is 1. The van der Waals surface area contributed by atoms with Gasteiger partial charge in [0.2, 0.25) is 5.91 Å². The molecule has 34 heavy (non-hydrogen) atoms. The fraction of sp³-hybridized carbons (Fsp3) is 0.296. The number of anilines is 1. The van der Waals surface area contributed by atoms with Crippen LogP contribution >= 0.6 is 11.8 Å². The van der Waals surface area contributed by atoms with Crippen LogP contribution in [0.2, 0.25) is 0 Å². The van der Waals surface area contributed by atoms with Crippen LogP contribution in [-0.2, 0) is 11.3 Å². The van der Waals surface area contributed by atoms with Crippen molar-refractivity contribution in [3.63, 3.8) is 0 Å². The van der Waals surface area contributed by atoms with Crippen LogP contribution in [0, 0.1) is 0 Å². The second-order valence-corrected chi connectivity index (χ2v) is 9.14. The molecule has 3 aromatic rings. The summed E-state index contributed by atoms with van der Waals surface area (Å²) < 4.78 is 5.68. The molecule has 0 aliphatic carbocycles. The van der Waals surface area contributed by atoms with Gasteiger partial charge in [-0.15, -0.1) is 0 Å². The predicted octanol–water partition coefficient (Wildman–Crippen LogP) is 5.47. The second kappa shape index (κ2) is 11.7. The molecular formula is C27H29N3O3S. The Morgan fingerprint density at radius 1 is 1.06 bits per heavy atom. The molecule has 4 rings (SSSR count). The fourth-order valence-corrected chi connectivity index (χ4v) is 4.72. The minimum Gasteiger partial charge on any atom is -0.494 e.